The number of amides is 1. The van der Waals surface area contributed by atoms with Gasteiger partial charge in [-0.2, -0.15) is 0 Å². The molecule has 166 valence electrons. The first-order chi connectivity index (χ1) is 13.2. The number of guanidine groups is 1. The van der Waals surface area contributed by atoms with Crippen LogP contribution < -0.4 is 10.0 Å². The van der Waals surface area contributed by atoms with E-state index in [1.165, 1.54) is 0 Å². The number of nitrogens with zero attached hydrogens (tertiary/aromatic N) is 3. The summed E-state index contributed by atoms with van der Waals surface area (Å²) < 4.78 is 27.1. The second kappa shape index (κ2) is 13.8. The van der Waals surface area contributed by atoms with Gasteiger partial charge in [-0.15, -0.1) is 24.0 Å². The predicted molar refractivity (Wildman–Crippen MR) is 128 cm³/mol. The smallest absolute Gasteiger partial charge is 0.242 e. The van der Waals surface area contributed by atoms with Crippen LogP contribution in [0.4, 0.5) is 0 Å². The van der Waals surface area contributed by atoms with Crippen LogP contribution in [-0.2, 0) is 14.8 Å². The molecule has 10 heteroatoms. The highest BCUT2D eigenvalue weighted by molar-refractivity contribution is 14.0. The molecule has 0 saturated carbocycles. The van der Waals surface area contributed by atoms with Gasteiger partial charge in [-0.1, -0.05) is 17.7 Å². The van der Waals surface area contributed by atoms with Gasteiger partial charge in [0, 0.05) is 33.2 Å². The zero-order chi connectivity index (χ0) is 21.2. The minimum absolute atomic E-state index is 0. The van der Waals surface area contributed by atoms with Crippen molar-refractivity contribution in [2.75, 3.05) is 46.3 Å². The standard InChI is InChI=1S/C19H33N5O3S.HI/c1-6-20-19(23(5)15-18(25)24(7-2)8-3)21-13-14-22-28(26,27)17-11-9-16(4)10-12-17;/h9-12,22H,6-8,13-15H2,1-5H3,(H,20,21);1H. The van der Waals surface area contributed by atoms with E-state index in [0.29, 0.717) is 25.6 Å². The molecule has 0 unspecified atom stereocenters. The lowest BCUT2D eigenvalue weighted by Gasteiger charge is -2.25. The number of aryl methyl sites for hydroxylation is 1. The van der Waals surface area contributed by atoms with Gasteiger partial charge in [-0.25, -0.2) is 13.1 Å². The number of nitrogens with one attached hydrogen (secondary N) is 2. The third-order valence-electron chi connectivity index (χ3n) is 4.18. The van der Waals surface area contributed by atoms with E-state index in [1.54, 1.807) is 41.1 Å². The molecular formula is C19H34IN5O3S. The maximum absolute atomic E-state index is 12.3. The number of hydrogen-bond acceptors (Lipinski definition) is 4. The van der Waals surface area contributed by atoms with Crippen LogP contribution in [0.3, 0.4) is 0 Å². The van der Waals surface area contributed by atoms with Gasteiger partial charge < -0.3 is 15.1 Å². The highest BCUT2D eigenvalue weighted by Gasteiger charge is 2.15. The average molecular weight is 539 g/mol. The Labute approximate surface area is 192 Å². The Bertz CT molecular complexity index is 750. The quantitative estimate of drug-likeness (QED) is 0.204. The van der Waals surface area contributed by atoms with E-state index in [2.05, 4.69) is 15.0 Å². The molecular weight excluding hydrogens is 505 g/mol. The molecule has 1 rings (SSSR count). The first-order valence-corrected chi connectivity index (χ1v) is 11.1. The minimum atomic E-state index is -3.56. The number of carbonyl (C=O) groups excluding carboxylic acids is 1. The summed E-state index contributed by atoms with van der Waals surface area (Å²) in [6, 6.07) is 6.69. The Morgan fingerprint density at radius 3 is 2.21 bits per heavy atom. The van der Waals surface area contributed by atoms with Crippen molar-refractivity contribution in [1.29, 1.82) is 0 Å². The molecule has 0 atom stereocenters. The molecule has 0 aromatic heterocycles. The molecule has 0 aliphatic carbocycles. The lowest BCUT2D eigenvalue weighted by molar-refractivity contribution is -0.131. The van der Waals surface area contributed by atoms with E-state index in [9.17, 15) is 13.2 Å². The van der Waals surface area contributed by atoms with Gasteiger partial charge in [0.1, 0.15) is 0 Å². The second-order valence-corrected chi connectivity index (χ2v) is 8.14. The monoisotopic (exact) mass is 539 g/mol. The molecule has 0 heterocycles. The summed E-state index contributed by atoms with van der Waals surface area (Å²) in [5.41, 5.74) is 1.00. The van der Waals surface area contributed by atoms with Crippen molar-refractivity contribution in [3.05, 3.63) is 29.8 Å². The lowest BCUT2D eigenvalue weighted by atomic mass is 10.2. The van der Waals surface area contributed by atoms with Crippen molar-refractivity contribution in [3.8, 4) is 0 Å². The molecule has 0 fully saturated rings. The van der Waals surface area contributed by atoms with Crippen LogP contribution in [0.5, 0.6) is 0 Å². The zero-order valence-electron chi connectivity index (χ0n) is 17.9. The van der Waals surface area contributed by atoms with Gasteiger partial charge in [0.05, 0.1) is 18.0 Å². The minimum Gasteiger partial charge on any atom is -0.357 e. The summed E-state index contributed by atoms with van der Waals surface area (Å²) in [6.45, 7) is 10.4. The van der Waals surface area contributed by atoms with Crippen molar-refractivity contribution >= 4 is 45.9 Å². The number of carbonyl (C=O) groups is 1. The Morgan fingerprint density at radius 1 is 1.10 bits per heavy atom. The van der Waals surface area contributed by atoms with Crippen LogP contribution >= 0.6 is 24.0 Å². The molecule has 0 spiro atoms. The summed E-state index contributed by atoms with van der Waals surface area (Å²) in [6.07, 6.45) is 0. The maximum Gasteiger partial charge on any atom is 0.242 e. The van der Waals surface area contributed by atoms with Crippen molar-refractivity contribution in [2.45, 2.75) is 32.6 Å². The predicted octanol–water partition coefficient (Wildman–Crippen LogP) is 1.66. The molecule has 0 bridgehead atoms. The van der Waals surface area contributed by atoms with Crippen molar-refractivity contribution in [1.82, 2.24) is 19.8 Å². The molecule has 0 radical (unpaired) electrons. The van der Waals surface area contributed by atoms with E-state index in [-0.39, 0.29) is 54.4 Å². The molecule has 2 N–H and O–H groups in total. The number of halogens is 1. The SMILES string of the molecule is CCNC(=NCCNS(=O)(=O)c1ccc(C)cc1)N(C)CC(=O)N(CC)CC.I. The Balaban J connectivity index is 0.00000784. The number of aliphatic imine (C=N–C) groups is 1. The largest absolute Gasteiger partial charge is 0.357 e. The van der Waals surface area contributed by atoms with Gasteiger partial charge in [-0.05, 0) is 39.8 Å². The highest BCUT2D eigenvalue weighted by Crippen LogP contribution is 2.09. The highest BCUT2D eigenvalue weighted by atomic mass is 127. The molecule has 8 nitrogen and oxygen atoms in total. The van der Waals surface area contributed by atoms with Crippen LogP contribution in [0.2, 0.25) is 0 Å². The third kappa shape index (κ3) is 9.30. The first-order valence-electron chi connectivity index (χ1n) is 9.58. The fourth-order valence-electron chi connectivity index (χ4n) is 2.57. The number of likely N-dealkylation sites (N-methyl/N-ethyl adjacent to an activating group) is 2. The molecule has 1 amide bonds. The normalized spacial score (nSPS) is 11.6. The van der Waals surface area contributed by atoms with E-state index < -0.39 is 10.0 Å². The number of hydrogen-bond donors (Lipinski definition) is 2. The average Bonchev–Trinajstić information content (AvgIpc) is 2.65. The van der Waals surface area contributed by atoms with E-state index in [1.807, 2.05) is 27.7 Å². The van der Waals surface area contributed by atoms with E-state index in [4.69, 9.17) is 0 Å². The number of rotatable bonds is 10. The van der Waals surface area contributed by atoms with Crippen molar-refractivity contribution in [2.24, 2.45) is 4.99 Å². The Kier molecular flexibility index (Phi) is 13.1. The Hall–Kier alpha value is -1.40. The molecule has 0 aliphatic heterocycles. The molecule has 0 aliphatic rings. The molecule has 0 saturated heterocycles. The van der Waals surface area contributed by atoms with Gasteiger partial charge in [0.25, 0.3) is 0 Å². The third-order valence-corrected chi connectivity index (χ3v) is 5.66. The van der Waals surface area contributed by atoms with Gasteiger partial charge >= 0.3 is 0 Å². The summed E-state index contributed by atoms with van der Waals surface area (Å²) in [7, 11) is -1.77. The zero-order valence-corrected chi connectivity index (χ0v) is 21.1. The summed E-state index contributed by atoms with van der Waals surface area (Å²) in [4.78, 5) is 20.4. The Morgan fingerprint density at radius 2 is 1.69 bits per heavy atom. The topological polar surface area (TPSA) is 94.1 Å². The van der Waals surface area contributed by atoms with Gasteiger partial charge in [0.2, 0.25) is 15.9 Å². The van der Waals surface area contributed by atoms with E-state index >= 15 is 0 Å². The molecule has 1 aromatic rings. The van der Waals surface area contributed by atoms with Gasteiger partial charge in [-0.3, -0.25) is 9.79 Å². The van der Waals surface area contributed by atoms with Crippen LogP contribution in [0.25, 0.3) is 0 Å². The van der Waals surface area contributed by atoms with Crippen LogP contribution in [0.15, 0.2) is 34.2 Å². The van der Waals surface area contributed by atoms with Crippen LogP contribution in [0, 0.1) is 6.92 Å². The van der Waals surface area contributed by atoms with Crippen molar-refractivity contribution < 1.29 is 13.2 Å². The van der Waals surface area contributed by atoms with Crippen LogP contribution in [0.1, 0.15) is 26.3 Å². The van der Waals surface area contributed by atoms with Crippen molar-refractivity contribution in [3.63, 3.8) is 0 Å². The lowest BCUT2D eigenvalue weighted by Crippen LogP contribution is -2.46. The number of benzene rings is 1. The van der Waals surface area contributed by atoms with E-state index in [0.717, 1.165) is 5.56 Å². The maximum atomic E-state index is 12.3. The number of sulfonamides is 1. The summed E-state index contributed by atoms with van der Waals surface area (Å²) in [5, 5.41) is 3.13. The summed E-state index contributed by atoms with van der Waals surface area (Å²) in [5.74, 6) is 0.593. The van der Waals surface area contributed by atoms with Crippen LogP contribution in [-0.4, -0.2) is 76.4 Å². The fraction of sp³-hybridized carbons (Fsp3) is 0.579. The molecule has 29 heavy (non-hydrogen) atoms. The summed E-state index contributed by atoms with van der Waals surface area (Å²) >= 11 is 0. The first kappa shape index (κ1) is 27.6. The van der Waals surface area contributed by atoms with Gasteiger partial charge in [0.15, 0.2) is 5.96 Å². The second-order valence-electron chi connectivity index (χ2n) is 6.37. The fourth-order valence-corrected chi connectivity index (χ4v) is 3.59. The molecule has 1 aromatic carbocycles.